The second-order valence-corrected chi connectivity index (χ2v) is 9.61. The molecule has 1 atom stereocenters. The summed E-state index contributed by atoms with van der Waals surface area (Å²) in [6.45, 7) is 1.59. The van der Waals surface area contributed by atoms with Gasteiger partial charge in [0, 0.05) is 37.6 Å². The molecule has 1 saturated heterocycles. The Kier molecular flexibility index (Phi) is 9.96. The van der Waals surface area contributed by atoms with Crippen LogP contribution in [0, 0.1) is 0 Å². The number of alkyl halides is 6. The lowest BCUT2D eigenvalue weighted by molar-refractivity contribution is -0.193. The number of aliphatic carboxylic acids is 2. The fraction of sp³-hybridized carbons (Fsp3) is 0.370. The third-order valence-corrected chi connectivity index (χ3v) is 7.13. The Labute approximate surface area is 235 Å². The van der Waals surface area contributed by atoms with E-state index in [1.165, 1.54) is 16.7 Å². The summed E-state index contributed by atoms with van der Waals surface area (Å²) in [6, 6.07) is 14.9. The molecule has 2 aromatic heterocycles. The van der Waals surface area contributed by atoms with Gasteiger partial charge in [-0.05, 0) is 59.9 Å². The largest absolute Gasteiger partial charge is 0.490 e. The minimum absolute atomic E-state index is 0.0599. The number of halogens is 6. The molecule has 3 aromatic rings. The monoisotopic (exact) mass is 600 g/mol. The number of aromatic nitrogens is 3. The molecule has 42 heavy (non-hydrogen) atoms. The zero-order valence-corrected chi connectivity index (χ0v) is 21.8. The van der Waals surface area contributed by atoms with E-state index < -0.39 is 24.3 Å². The van der Waals surface area contributed by atoms with Gasteiger partial charge in [-0.15, -0.1) is 0 Å². The maximum absolute atomic E-state index is 12.7. The van der Waals surface area contributed by atoms with Gasteiger partial charge in [-0.3, -0.25) is 14.9 Å². The van der Waals surface area contributed by atoms with Crippen LogP contribution >= 0.6 is 0 Å². The summed E-state index contributed by atoms with van der Waals surface area (Å²) in [5, 5.41) is 21.0. The number of carboxylic acid groups (broad SMARTS) is 2. The summed E-state index contributed by atoms with van der Waals surface area (Å²) < 4.78 is 63.5. The molecular weight excluding hydrogens is 574 g/mol. The first-order chi connectivity index (χ1) is 19.7. The highest BCUT2D eigenvalue weighted by atomic mass is 19.4. The number of hydrogen-bond donors (Lipinski definition) is 3. The van der Waals surface area contributed by atoms with E-state index in [1.54, 1.807) is 12.3 Å². The van der Waals surface area contributed by atoms with E-state index in [0.717, 1.165) is 38.8 Å². The number of aromatic amines is 1. The van der Waals surface area contributed by atoms with Crippen molar-refractivity contribution in [1.82, 2.24) is 20.1 Å². The Morgan fingerprint density at radius 2 is 1.45 bits per heavy atom. The van der Waals surface area contributed by atoms with Gasteiger partial charge in [0.2, 0.25) is 0 Å². The van der Waals surface area contributed by atoms with Gasteiger partial charge < -0.3 is 15.1 Å². The lowest BCUT2D eigenvalue weighted by Crippen LogP contribution is -2.47. The van der Waals surface area contributed by atoms with Crippen LogP contribution in [0.5, 0.6) is 0 Å². The van der Waals surface area contributed by atoms with Crippen LogP contribution in [0.2, 0.25) is 0 Å². The number of pyridine rings is 1. The quantitative estimate of drug-likeness (QED) is 0.345. The molecule has 226 valence electrons. The van der Waals surface area contributed by atoms with Gasteiger partial charge in [0.1, 0.15) is 5.69 Å². The molecule has 0 bridgehead atoms. The highest BCUT2D eigenvalue weighted by molar-refractivity contribution is 5.92. The first-order valence-electron chi connectivity index (χ1n) is 12.5. The first-order valence-corrected chi connectivity index (χ1v) is 12.5. The molecular formula is C27H26F6N4O5. The zero-order chi connectivity index (χ0) is 31.1. The first kappa shape index (κ1) is 32.1. The molecule has 5 rings (SSSR count). The van der Waals surface area contributed by atoms with Gasteiger partial charge in [0.05, 0.1) is 0 Å². The maximum Gasteiger partial charge on any atom is 0.490 e. The highest BCUT2D eigenvalue weighted by Crippen LogP contribution is 2.50. The van der Waals surface area contributed by atoms with E-state index in [2.05, 4.69) is 45.5 Å². The standard InChI is InChI=1S/C23H24N4O.2C2HF3O2/c28-22(21-8-13-25-26-21)27-14-10-23(11-15-27)9-7-18(17-4-3-12-24-16-17)19-5-1-2-6-20(19)23;2*3-2(4,5)1(6)7/h1-6,8,12-13,16,18H,7,9-11,14-15H2,(H,25,26);2*(H,6,7). The van der Waals surface area contributed by atoms with Crippen LogP contribution in [0.25, 0.3) is 0 Å². The summed E-state index contributed by atoms with van der Waals surface area (Å²) in [6.07, 6.45) is -0.355. The van der Waals surface area contributed by atoms with Crippen LogP contribution in [0.1, 0.15) is 58.8 Å². The minimum atomic E-state index is -5.08. The van der Waals surface area contributed by atoms with E-state index in [4.69, 9.17) is 19.8 Å². The minimum Gasteiger partial charge on any atom is -0.475 e. The summed E-state index contributed by atoms with van der Waals surface area (Å²) in [5.74, 6) is -5.04. The van der Waals surface area contributed by atoms with Crippen molar-refractivity contribution in [1.29, 1.82) is 0 Å². The number of H-pyrrole nitrogens is 1. The molecule has 2 aliphatic rings. The third-order valence-electron chi connectivity index (χ3n) is 7.13. The topological polar surface area (TPSA) is 136 Å². The zero-order valence-electron chi connectivity index (χ0n) is 21.8. The molecule has 1 aliphatic heterocycles. The number of carbonyl (C=O) groups is 3. The van der Waals surface area contributed by atoms with Crippen molar-refractivity contribution in [3.63, 3.8) is 0 Å². The molecule has 1 unspecified atom stereocenters. The number of benzene rings is 1. The van der Waals surface area contributed by atoms with Crippen molar-refractivity contribution in [3.8, 4) is 0 Å². The highest BCUT2D eigenvalue weighted by Gasteiger charge is 2.43. The average Bonchev–Trinajstić information content (AvgIpc) is 3.49. The van der Waals surface area contributed by atoms with Gasteiger partial charge >= 0.3 is 24.3 Å². The number of piperidine rings is 1. The van der Waals surface area contributed by atoms with Crippen LogP contribution in [0.4, 0.5) is 26.3 Å². The lowest BCUT2D eigenvalue weighted by atomic mass is 9.61. The fourth-order valence-electron chi connectivity index (χ4n) is 5.13. The molecule has 1 amide bonds. The molecule has 1 fully saturated rings. The maximum atomic E-state index is 12.7. The van der Waals surface area contributed by atoms with Crippen LogP contribution in [-0.2, 0) is 15.0 Å². The van der Waals surface area contributed by atoms with E-state index in [1.807, 2.05) is 23.4 Å². The van der Waals surface area contributed by atoms with Crippen LogP contribution in [0.3, 0.4) is 0 Å². The lowest BCUT2D eigenvalue weighted by Gasteiger charge is -2.47. The second kappa shape index (κ2) is 13.0. The van der Waals surface area contributed by atoms with Gasteiger partial charge in [-0.2, -0.15) is 31.4 Å². The molecule has 3 N–H and O–H groups in total. The van der Waals surface area contributed by atoms with Crippen molar-refractivity contribution in [2.24, 2.45) is 0 Å². The Balaban J connectivity index is 0.000000289. The van der Waals surface area contributed by atoms with Crippen molar-refractivity contribution < 1.29 is 50.9 Å². The van der Waals surface area contributed by atoms with Crippen molar-refractivity contribution in [2.45, 2.75) is 49.4 Å². The van der Waals surface area contributed by atoms with Crippen molar-refractivity contribution in [3.05, 3.63) is 83.4 Å². The number of carbonyl (C=O) groups excluding carboxylic acids is 1. The number of nitrogens with one attached hydrogen (secondary N) is 1. The van der Waals surface area contributed by atoms with Crippen LogP contribution in [0.15, 0.2) is 61.1 Å². The van der Waals surface area contributed by atoms with E-state index in [0.29, 0.717) is 11.6 Å². The molecule has 0 radical (unpaired) electrons. The predicted octanol–water partition coefficient (Wildman–Crippen LogP) is 5.17. The van der Waals surface area contributed by atoms with Gasteiger partial charge in [0.15, 0.2) is 0 Å². The molecule has 15 heteroatoms. The summed E-state index contributed by atoms with van der Waals surface area (Å²) in [5.41, 5.74) is 4.98. The Bertz CT molecular complexity index is 1330. The average molecular weight is 601 g/mol. The third kappa shape index (κ3) is 7.85. The predicted molar refractivity (Wildman–Crippen MR) is 135 cm³/mol. The van der Waals surface area contributed by atoms with Crippen LogP contribution < -0.4 is 0 Å². The number of fused-ring (bicyclic) bond motifs is 2. The Hall–Kier alpha value is -4.43. The van der Waals surface area contributed by atoms with Crippen LogP contribution in [-0.4, -0.2) is 73.6 Å². The Morgan fingerprint density at radius 3 is 1.95 bits per heavy atom. The number of likely N-dealkylation sites (tertiary alicyclic amines) is 1. The number of amides is 1. The van der Waals surface area contributed by atoms with Gasteiger partial charge in [-0.25, -0.2) is 9.59 Å². The number of nitrogens with zero attached hydrogens (tertiary/aromatic N) is 3. The molecule has 1 aliphatic carbocycles. The van der Waals surface area contributed by atoms with E-state index >= 15 is 0 Å². The van der Waals surface area contributed by atoms with E-state index in [9.17, 15) is 31.1 Å². The SMILES string of the molecule is O=C(O)C(F)(F)F.O=C(O)C(F)(F)F.O=C(c1ccn[nH]1)N1CCC2(CCC(c3cccnc3)c3ccccc32)CC1. The van der Waals surface area contributed by atoms with Crippen molar-refractivity contribution in [2.75, 3.05) is 13.1 Å². The molecule has 0 saturated carbocycles. The second-order valence-electron chi connectivity index (χ2n) is 9.61. The molecule has 9 nitrogen and oxygen atoms in total. The Morgan fingerprint density at radius 1 is 0.857 bits per heavy atom. The van der Waals surface area contributed by atoms with Gasteiger partial charge in [0.25, 0.3) is 5.91 Å². The molecule has 1 aromatic carbocycles. The number of carboxylic acids is 2. The summed E-state index contributed by atoms with van der Waals surface area (Å²) in [7, 11) is 0. The smallest absolute Gasteiger partial charge is 0.475 e. The normalized spacial score (nSPS) is 17.6. The number of hydrogen-bond acceptors (Lipinski definition) is 5. The number of rotatable bonds is 2. The molecule has 3 heterocycles. The fourth-order valence-corrected chi connectivity index (χ4v) is 5.13. The van der Waals surface area contributed by atoms with Gasteiger partial charge in [-0.1, -0.05) is 30.3 Å². The summed E-state index contributed by atoms with van der Waals surface area (Å²) >= 11 is 0. The van der Waals surface area contributed by atoms with Crippen molar-refractivity contribution >= 4 is 17.8 Å². The summed E-state index contributed by atoms with van der Waals surface area (Å²) in [4.78, 5) is 36.8. The molecule has 1 spiro atoms. The van der Waals surface area contributed by atoms with E-state index in [-0.39, 0.29) is 11.3 Å².